The van der Waals surface area contributed by atoms with E-state index in [9.17, 15) is 4.79 Å². The van der Waals surface area contributed by atoms with E-state index in [1.807, 2.05) is 6.07 Å². The van der Waals surface area contributed by atoms with Crippen LogP contribution in [0.4, 0.5) is 5.69 Å². The van der Waals surface area contributed by atoms with Crippen LogP contribution in [0.5, 0.6) is 0 Å². The summed E-state index contributed by atoms with van der Waals surface area (Å²) in [4.78, 5) is 14.5. The Morgan fingerprint density at radius 2 is 2.04 bits per heavy atom. The van der Waals surface area contributed by atoms with Crippen molar-refractivity contribution in [3.05, 3.63) is 63.6 Å². The molecule has 1 aliphatic heterocycles. The molecule has 0 saturated carbocycles. The van der Waals surface area contributed by atoms with Crippen molar-refractivity contribution >= 4 is 34.8 Å². The van der Waals surface area contributed by atoms with E-state index in [0.29, 0.717) is 22.3 Å². The largest absolute Gasteiger partial charge is 0.324 e. The second-order valence-corrected chi connectivity index (χ2v) is 6.61. The fourth-order valence-electron chi connectivity index (χ4n) is 3.01. The molecule has 2 aromatic carbocycles. The van der Waals surface area contributed by atoms with Gasteiger partial charge in [0.2, 0.25) is 5.91 Å². The zero-order valence-electron chi connectivity index (χ0n) is 12.9. The molecule has 3 nitrogen and oxygen atoms in total. The van der Waals surface area contributed by atoms with E-state index in [0.717, 1.165) is 13.0 Å². The number of hydrogen-bond acceptors (Lipinski definition) is 2. The molecule has 0 radical (unpaired) electrons. The van der Waals surface area contributed by atoms with Crippen molar-refractivity contribution in [1.82, 2.24) is 4.90 Å². The third-order valence-electron chi connectivity index (χ3n) is 4.27. The first-order valence-corrected chi connectivity index (χ1v) is 8.37. The lowest BCUT2D eigenvalue weighted by molar-refractivity contribution is -0.117. The van der Waals surface area contributed by atoms with Crippen molar-refractivity contribution in [2.24, 2.45) is 0 Å². The van der Waals surface area contributed by atoms with Crippen molar-refractivity contribution in [2.75, 3.05) is 18.4 Å². The molecule has 0 aromatic heterocycles. The molecule has 0 aliphatic carbocycles. The summed E-state index contributed by atoms with van der Waals surface area (Å²) in [6, 6.07) is 13.7. The van der Waals surface area contributed by atoms with Gasteiger partial charge in [-0.15, -0.1) is 0 Å². The van der Waals surface area contributed by atoms with Crippen LogP contribution in [0.25, 0.3) is 0 Å². The fraction of sp³-hybridized carbons (Fsp3) is 0.278. The van der Waals surface area contributed by atoms with Crippen molar-refractivity contribution < 1.29 is 4.79 Å². The minimum atomic E-state index is -0.0830. The molecular weight excluding hydrogens is 331 g/mol. The number of halogens is 2. The van der Waals surface area contributed by atoms with Gasteiger partial charge in [0.15, 0.2) is 0 Å². The molecule has 1 amide bonds. The lowest BCUT2D eigenvalue weighted by Crippen LogP contribution is -2.39. The maximum Gasteiger partial charge on any atom is 0.238 e. The summed E-state index contributed by atoms with van der Waals surface area (Å²) >= 11 is 12.0. The number of carbonyl (C=O) groups excluding carboxylic acids is 1. The second-order valence-electron chi connectivity index (χ2n) is 5.77. The zero-order chi connectivity index (χ0) is 16.4. The van der Waals surface area contributed by atoms with Gasteiger partial charge >= 0.3 is 0 Å². The zero-order valence-corrected chi connectivity index (χ0v) is 14.4. The molecule has 0 bridgehead atoms. The fourth-order valence-corrected chi connectivity index (χ4v) is 3.34. The van der Waals surface area contributed by atoms with Gasteiger partial charge in [0.1, 0.15) is 0 Å². The topological polar surface area (TPSA) is 32.3 Å². The summed E-state index contributed by atoms with van der Waals surface area (Å²) in [5.74, 6) is -0.0830. The number of nitrogens with zero attached hydrogens (tertiary/aromatic N) is 1. The minimum Gasteiger partial charge on any atom is -0.324 e. The number of carbonyl (C=O) groups is 1. The van der Waals surface area contributed by atoms with Crippen LogP contribution < -0.4 is 5.32 Å². The third kappa shape index (κ3) is 3.69. The van der Waals surface area contributed by atoms with Crippen molar-refractivity contribution in [3.8, 4) is 0 Å². The first-order chi connectivity index (χ1) is 11.0. The molecule has 0 spiro atoms. The van der Waals surface area contributed by atoms with E-state index in [-0.39, 0.29) is 11.9 Å². The second kappa shape index (κ2) is 6.91. The van der Waals surface area contributed by atoms with Gasteiger partial charge in [-0.1, -0.05) is 47.5 Å². The Morgan fingerprint density at radius 3 is 2.87 bits per heavy atom. The SMILES string of the molecule is CC1c2ccccc2CCN1CC(=O)Nc1cc(Cl)ccc1Cl. The highest BCUT2D eigenvalue weighted by Crippen LogP contribution is 2.29. The summed E-state index contributed by atoms with van der Waals surface area (Å²) in [5, 5.41) is 3.88. The van der Waals surface area contributed by atoms with Crippen LogP contribution in [0, 0.1) is 0 Å². The molecule has 3 rings (SSSR count). The predicted octanol–water partition coefficient (Wildman–Crippen LogP) is 4.55. The van der Waals surface area contributed by atoms with E-state index in [2.05, 4.69) is 35.3 Å². The molecule has 1 heterocycles. The number of amides is 1. The number of rotatable bonds is 3. The van der Waals surface area contributed by atoms with E-state index in [1.54, 1.807) is 18.2 Å². The number of anilines is 1. The highest BCUT2D eigenvalue weighted by atomic mass is 35.5. The lowest BCUT2D eigenvalue weighted by atomic mass is 9.94. The molecule has 0 fully saturated rings. The van der Waals surface area contributed by atoms with E-state index in [1.165, 1.54) is 11.1 Å². The first kappa shape index (κ1) is 16.3. The molecule has 1 unspecified atom stereocenters. The molecule has 1 aliphatic rings. The number of benzene rings is 2. The average Bonchev–Trinajstić information content (AvgIpc) is 2.54. The maximum atomic E-state index is 12.3. The van der Waals surface area contributed by atoms with E-state index >= 15 is 0 Å². The molecular formula is C18H18Cl2N2O. The van der Waals surface area contributed by atoms with Gasteiger partial charge in [-0.25, -0.2) is 0 Å². The quantitative estimate of drug-likeness (QED) is 0.882. The monoisotopic (exact) mass is 348 g/mol. The Morgan fingerprint density at radius 1 is 1.26 bits per heavy atom. The number of hydrogen-bond donors (Lipinski definition) is 1. The van der Waals surface area contributed by atoms with Crippen LogP contribution in [0.3, 0.4) is 0 Å². The molecule has 1 atom stereocenters. The molecule has 0 saturated heterocycles. The van der Waals surface area contributed by atoms with Crippen LogP contribution >= 0.6 is 23.2 Å². The minimum absolute atomic E-state index is 0.0830. The van der Waals surface area contributed by atoms with Crippen LogP contribution in [-0.2, 0) is 11.2 Å². The number of fused-ring (bicyclic) bond motifs is 1. The van der Waals surface area contributed by atoms with Crippen LogP contribution in [-0.4, -0.2) is 23.9 Å². The van der Waals surface area contributed by atoms with E-state index < -0.39 is 0 Å². The highest BCUT2D eigenvalue weighted by molar-refractivity contribution is 6.35. The standard InChI is InChI=1S/C18H18Cl2N2O/c1-12-15-5-3-2-4-13(15)8-9-22(12)11-18(23)21-17-10-14(19)6-7-16(17)20/h2-7,10,12H,8-9,11H2,1H3,(H,21,23). The van der Waals surface area contributed by atoms with Gasteiger partial charge in [-0.3, -0.25) is 9.69 Å². The van der Waals surface area contributed by atoms with Crippen molar-refractivity contribution in [2.45, 2.75) is 19.4 Å². The van der Waals surface area contributed by atoms with Gasteiger partial charge in [-0.05, 0) is 42.7 Å². The highest BCUT2D eigenvalue weighted by Gasteiger charge is 2.25. The molecule has 23 heavy (non-hydrogen) atoms. The molecule has 1 N–H and O–H groups in total. The Balaban J connectivity index is 1.68. The van der Waals surface area contributed by atoms with Gasteiger partial charge in [-0.2, -0.15) is 0 Å². The summed E-state index contributed by atoms with van der Waals surface area (Å²) in [5.41, 5.74) is 3.22. The third-order valence-corrected chi connectivity index (χ3v) is 4.84. The molecule has 2 aromatic rings. The summed E-state index contributed by atoms with van der Waals surface area (Å²) in [7, 11) is 0. The van der Waals surface area contributed by atoms with Gasteiger partial charge in [0, 0.05) is 17.6 Å². The smallest absolute Gasteiger partial charge is 0.238 e. The normalized spacial score (nSPS) is 17.6. The Kier molecular flexibility index (Phi) is 4.90. The molecule has 120 valence electrons. The average molecular weight is 349 g/mol. The van der Waals surface area contributed by atoms with Crippen molar-refractivity contribution in [3.63, 3.8) is 0 Å². The number of nitrogens with one attached hydrogen (secondary N) is 1. The summed E-state index contributed by atoms with van der Waals surface area (Å²) in [6.07, 6.45) is 0.964. The Labute approximate surface area is 146 Å². The predicted molar refractivity (Wildman–Crippen MR) is 95.2 cm³/mol. The molecule has 5 heteroatoms. The van der Waals surface area contributed by atoms with Crippen molar-refractivity contribution in [1.29, 1.82) is 0 Å². The van der Waals surface area contributed by atoms with Crippen LogP contribution in [0.2, 0.25) is 10.0 Å². The summed E-state index contributed by atoms with van der Waals surface area (Å²) in [6.45, 7) is 3.34. The van der Waals surface area contributed by atoms with Crippen LogP contribution in [0.1, 0.15) is 24.1 Å². The van der Waals surface area contributed by atoms with Crippen LogP contribution in [0.15, 0.2) is 42.5 Å². The lowest BCUT2D eigenvalue weighted by Gasteiger charge is -2.34. The Bertz CT molecular complexity index is 733. The summed E-state index contributed by atoms with van der Waals surface area (Å²) < 4.78 is 0. The Hall–Kier alpha value is -1.55. The van der Waals surface area contributed by atoms with Gasteiger partial charge in [0.25, 0.3) is 0 Å². The van der Waals surface area contributed by atoms with Gasteiger partial charge in [0.05, 0.1) is 17.3 Å². The first-order valence-electron chi connectivity index (χ1n) is 7.61. The van der Waals surface area contributed by atoms with E-state index in [4.69, 9.17) is 23.2 Å². The maximum absolute atomic E-state index is 12.3. The van der Waals surface area contributed by atoms with Gasteiger partial charge < -0.3 is 5.32 Å².